The maximum Gasteiger partial charge on any atom is 0.227 e. The molecule has 0 saturated carbocycles. The van der Waals surface area contributed by atoms with E-state index in [9.17, 15) is 9.90 Å². The van der Waals surface area contributed by atoms with Crippen LogP contribution in [0.15, 0.2) is 0 Å². The molecule has 0 aromatic rings. The lowest BCUT2D eigenvalue weighted by atomic mass is 9.87. The fourth-order valence-corrected chi connectivity index (χ4v) is 4.20. The van der Waals surface area contributed by atoms with Crippen molar-refractivity contribution in [3.63, 3.8) is 0 Å². The Morgan fingerprint density at radius 2 is 2.05 bits per heavy atom. The molecule has 2 bridgehead atoms. The van der Waals surface area contributed by atoms with Crippen LogP contribution >= 0.6 is 0 Å². The largest absolute Gasteiger partial charge is 0.395 e. The zero-order valence-corrected chi connectivity index (χ0v) is 12.4. The minimum atomic E-state index is 0.0757. The molecule has 20 heavy (non-hydrogen) atoms. The average molecular weight is 281 g/mol. The first-order valence-corrected chi connectivity index (χ1v) is 8.05. The summed E-state index contributed by atoms with van der Waals surface area (Å²) in [6, 6.07) is 1.27. The Morgan fingerprint density at radius 3 is 2.60 bits per heavy atom. The van der Waals surface area contributed by atoms with Crippen molar-refractivity contribution in [2.24, 2.45) is 5.92 Å². The number of carbonyl (C=O) groups excluding carboxylic acids is 1. The molecule has 3 saturated heterocycles. The van der Waals surface area contributed by atoms with E-state index < -0.39 is 0 Å². The standard InChI is InChI=1S/C15H27N3O2/c1-17-6-4-12(5-7-17)18(8-9-19)15(20)13-10-11-2-3-14(13)16-11/h11-14,16,19H,2-10H2,1H3. The van der Waals surface area contributed by atoms with Crippen molar-refractivity contribution < 1.29 is 9.90 Å². The highest BCUT2D eigenvalue weighted by Gasteiger charge is 2.45. The van der Waals surface area contributed by atoms with Crippen LogP contribution in [0.1, 0.15) is 32.1 Å². The van der Waals surface area contributed by atoms with Crippen LogP contribution in [0.2, 0.25) is 0 Å². The first-order valence-electron chi connectivity index (χ1n) is 8.05. The van der Waals surface area contributed by atoms with Crippen LogP contribution in [-0.4, -0.2) is 72.2 Å². The molecule has 3 aliphatic rings. The Balaban J connectivity index is 1.65. The Kier molecular flexibility index (Phi) is 4.29. The molecule has 0 aliphatic carbocycles. The molecule has 3 atom stereocenters. The van der Waals surface area contributed by atoms with Crippen LogP contribution in [0.3, 0.4) is 0 Å². The number of hydrogen-bond donors (Lipinski definition) is 2. The molecule has 0 aromatic heterocycles. The van der Waals surface area contributed by atoms with Crippen LogP contribution in [0, 0.1) is 5.92 Å². The summed E-state index contributed by atoms with van der Waals surface area (Å²) in [7, 11) is 2.13. The zero-order chi connectivity index (χ0) is 14.1. The Bertz CT molecular complexity index is 355. The molecule has 0 aromatic carbocycles. The van der Waals surface area contributed by atoms with Crippen molar-refractivity contribution >= 4 is 5.91 Å². The van der Waals surface area contributed by atoms with Gasteiger partial charge in [0.25, 0.3) is 0 Å². The predicted molar refractivity (Wildman–Crippen MR) is 77.4 cm³/mol. The van der Waals surface area contributed by atoms with E-state index in [0.29, 0.717) is 24.7 Å². The Hall–Kier alpha value is -0.650. The topological polar surface area (TPSA) is 55.8 Å². The third-order valence-electron chi connectivity index (χ3n) is 5.37. The summed E-state index contributed by atoms with van der Waals surface area (Å²) in [5.74, 6) is 0.438. The van der Waals surface area contributed by atoms with E-state index in [1.165, 1.54) is 6.42 Å². The third-order valence-corrected chi connectivity index (χ3v) is 5.37. The summed E-state index contributed by atoms with van der Waals surface area (Å²) in [6.07, 6.45) is 5.44. The summed E-state index contributed by atoms with van der Waals surface area (Å²) < 4.78 is 0. The van der Waals surface area contributed by atoms with Gasteiger partial charge in [-0.3, -0.25) is 4.79 Å². The Morgan fingerprint density at radius 1 is 1.30 bits per heavy atom. The maximum atomic E-state index is 12.9. The number of likely N-dealkylation sites (tertiary alicyclic amines) is 1. The van der Waals surface area contributed by atoms with E-state index in [0.717, 1.165) is 38.8 Å². The van der Waals surface area contributed by atoms with E-state index in [2.05, 4.69) is 17.3 Å². The summed E-state index contributed by atoms with van der Waals surface area (Å²) in [5.41, 5.74) is 0. The zero-order valence-electron chi connectivity index (χ0n) is 12.4. The minimum absolute atomic E-state index is 0.0757. The highest BCUT2D eigenvalue weighted by molar-refractivity contribution is 5.80. The van der Waals surface area contributed by atoms with E-state index >= 15 is 0 Å². The number of hydrogen-bond acceptors (Lipinski definition) is 4. The van der Waals surface area contributed by atoms with E-state index in [4.69, 9.17) is 0 Å². The lowest BCUT2D eigenvalue weighted by molar-refractivity contribution is -0.140. The molecule has 3 rings (SSSR count). The lowest BCUT2D eigenvalue weighted by Crippen LogP contribution is -2.51. The average Bonchev–Trinajstić information content (AvgIpc) is 3.08. The number of amides is 1. The van der Waals surface area contributed by atoms with Gasteiger partial charge in [-0.05, 0) is 52.2 Å². The minimum Gasteiger partial charge on any atom is -0.395 e. The fraction of sp³-hybridized carbons (Fsp3) is 0.933. The van der Waals surface area contributed by atoms with Crippen LogP contribution in [0.25, 0.3) is 0 Å². The molecular weight excluding hydrogens is 254 g/mol. The molecule has 5 nitrogen and oxygen atoms in total. The second kappa shape index (κ2) is 6.00. The van der Waals surface area contributed by atoms with Crippen molar-refractivity contribution in [1.82, 2.24) is 15.1 Å². The first kappa shape index (κ1) is 14.3. The van der Waals surface area contributed by atoms with Gasteiger partial charge in [-0.1, -0.05) is 0 Å². The van der Waals surface area contributed by atoms with Crippen LogP contribution in [-0.2, 0) is 4.79 Å². The second-order valence-corrected chi connectivity index (χ2v) is 6.68. The van der Waals surface area contributed by atoms with Gasteiger partial charge in [0.15, 0.2) is 0 Å². The molecule has 3 aliphatic heterocycles. The maximum absolute atomic E-state index is 12.9. The molecule has 3 fully saturated rings. The highest BCUT2D eigenvalue weighted by Crippen LogP contribution is 2.35. The predicted octanol–water partition coefficient (Wildman–Crippen LogP) is 0.0420. The van der Waals surface area contributed by atoms with E-state index in [1.807, 2.05) is 4.90 Å². The van der Waals surface area contributed by atoms with Gasteiger partial charge in [-0.2, -0.15) is 0 Å². The smallest absolute Gasteiger partial charge is 0.227 e. The molecule has 1 amide bonds. The van der Waals surface area contributed by atoms with Crippen molar-refractivity contribution in [3.05, 3.63) is 0 Å². The highest BCUT2D eigenvalue weighted by atomic mass is 16.3. The summed E-state index contributed by atoms with van der Waals surface area (Å²) >= 11 is 0. The van der Waals surface area contributed by atoms with Gasteiger partial charge in [0.2, 0.25) is 5.91 Å². The van der Waals surface area contributed by atoms with Gasteiger partial charge in [-0.15, -0.1) is 0 Å². The number of rotatable bonds is 4. The van der Waals surface area contributed by atoms with Crippen LogP contribution in [0.4, 0.5) is 0 Å². The van der Waals surface area contributed by atoms with Crippen molar-refractivity contribution in [2.75, 3.05) is 33.3 Å². The van der Waals surface area contributed by atoms with Crippen LogP contribution < -0.4 is 5.32 Å². The van der Waals surface area contributed by atoms with Gasteiger partial charge in [0.05, 0.1) is 12.5 Å². The molecule has 5 heteroatoms. The number of nitrogens with zero attached hydrogens (tertiary/aromatic N) is 2. The summed E-state index contributed by atoms with van der Waals surface area (Å²) in [6.45, 7) is 2.68. The van der Waals surface area contributed by atoms with E-state index in [-0.39, 0.29) is 18.4 Å². The van der Waals surface area contributed by atoms with Crippen molar-refractivity contribution in [3.8, 4) is 0 Å². The van der Waals surface area contributed by atoms with Crippen molar-refractivity contribution in [2.45, 2.75) is 50.2 Å². The number of aliphatic hydroxyl groups is 1. The first-order chi connectivity index (χ1) is 9.69. The summed E-state index contributed by atoms with van der Waals surface area (Å²) in [4.78, 5) is 17.2. The van der Waals surface area contributed by atoms with Gasteiger partial charge >= 0.3 is 0 Å². The number of carbonyl (C=O) groups is 1. The molecule has 0 spiro atoms. The second-order valence-electron chi connectivity index (χ2n) is 6.68. The number of aliphatic hydroxyl groups excluding tert-OH is 1. The normalized spacial score (nSPS) is 34.6. The number of fused-ring (bicyclic) bond motifs is 2. The molecular formula is C15H27N3O2. The molecule has 3 heterocycles. The lowest BCUT2D eigenvalue weighted by Gasteiger charge is -2.39. The molecule has 2 N–H and O–H groups in total. The molecule has 3 unspecified atom stereocenters. The Labute approximate surface area is 121 Å². The molecule has 0 radical (unpaired) electrons. The summed E-state index contributed by atoms with van der Waals surface area (Å²) in [5, 5.41) is 12.9. The monoisotopic (exact) mass is 281 g/mol. The quantitative estimate of drug-likeness (QED) is 0.764. The van der Waals surface area contributed by atoms with Gasteiger partial charge in [-0.25, -0.2) is 0 Å². The number of nitrogens with one attached hydrogen (secondary N) is 1. The molecule has 114 valence electrons. The fourth-order valence-electron chi connectivity index (χ4n) is 4.20. The van der Waals surface area contributed by atoms with Crippen molar-refractivity contribution in [1.29, 1.82) is 0 Å². The van der Waals surface area contributed by atoms with Crippen LogP contribution in [0.5, 0.6) is 0 Å². The number of piperidine rings is 1. The van der Waals surface area contributed by atoms with E-state index in [1.54, 1.807) is 0 Å². The van der Waals surface area contributed by atoms with Gasteiger partial charge in [0, 0.05) is 24.7 Å². The SMILES string of the molecule is CN1CCC(N(CCO)C(=O)C2CC3CCC2N3)CC1. The third kappa shape index (κ3) is 2.71. The van der Waals surface area contributed by atoms with Gasteiger partial charge < -0.3 is 20.2 Å². The van der Waals surface area contributed by atoms with Gasteiger partial charge in [0.1, 0.15) is 0 Å².